The molecular formula is C14H10BrN3O2. The maximum absolute atomic E-state index is 12.5. The van der Waals surface area contributed by atoms with E-state index in [1.54, 1.807) is 30.5 Å². The van der Waals surface area contributed by atoms with Gasteiger partial charge in [0.15, 0.2) is 0 Å². The molecule has 0 unspecified atom stereocenters. The van der Waals surface area contributed by atoms with Crippen LogP contribution in [0.25, 0.3) is 0 Å². The molecule has 2 aromatic rings. The third-order valence-electron chi connectivity index (χ3n) is 2.96. The molecule has 6 heteroatoms. The van der Waals surface area contributed by atoms with E-state index in [0.717, 1.165) is 4.47 Å². The molecule has 2 heterocycles. The van der Waals surface area contributed by atoms with Crippen LogP contribution in [0.4, 0.5) is 11.4 Å². The Morgan fingerprint density at radius 1 is 1.25 bits per heavy atom. The Kier molecular flexibility index (Phi) is 3.23. The van der Waals surface area contributed by atoms with Crippen LogP contribution in [-0.4, -0.2) is 23.3 Å². The van der Waals surface area contributed by atoms with Crippen molar-refractivity contribution in [1.29, 1.82) is 0 Å². The molecule has 0 bridgehead atoms. The lowest BCUT2D eigenvalue weighted by Crippen LogP contribution is -2.42. The van der Waals surface area contributed by atoms with E-state index in [9.17, 15) is 9.59 Å². The van der Waals surface area contributed by atoms with Crippen LogP contribution in [0.3, 0.4) is 0 Å². The molecule has 0 spiro atoms. The van der Waals surface area contributed by atoms with Gasteiger partial charge >= 0.3 is 0 Å². The van der Waals surface area contributed by atoms with Crippen LogP contribution < -0.4 is 10.2 Å². The van der Waals surface area contributed by atoms with Gasteiger partial charge in [0, 0.05) is 10.7 Å². The average molecular weight is 332 g/mol. The van der Waals surface area contributed by atoms with Crippen molar-refractivity contribution in [2.75, 3.05) is 16.8 Å². The predicted octanol–water partition coefficient (Wildman–Crippen LogP) is 2.44. The Hall–Kier alpha value is -2.21. The molecule has 20 heavy (non-hydrogen) atoms. The summed E-state index contributed by atoms with van der Waals surface area (Å²) in [6.07, 6.45) is 1.56. The lowest BCUT2D eigenvalue weighted by Gasteiger charge is -2.28. The van der Waals surface area contributed by atoms with Crippen LogP contribution in [-0.2, 0) is 4.79 Å². The SMILES string of the molecule is O=C1CN(C(=O)c2ccc(Br)cn2)c2ccccc2N1. The molecule has 0 radical (unpaired) electrons. The van der Waals surface area contributed by atoms with E-state index in [0.29, 0.717) is 17.1 Å². The van der Waals surface area contributed by atoms with Crippen molar-refractivity contribution < 1.29 is 9.59 Å². The number of halogens is 1. The third-order valence-corrected chi connectivity index (χ3v) is 3.43. The molecule has 1 aliphatic rings. The van der Waals surface area contributed by atoms with E-state index < -0.39 is 0 Å². The van der Waals surface area contributed by atoms with E-state index in [1.807, 2.05) is 12.1 Å². The number of anilines is 2. The van der Waals surface area contributed by atoms with E-state index in [2.05, 4.69) is 26.2 Å². The minimum Gasteiger partial charge on any atom is -0.323 e. The first kappa shape index (κ1) is 12.8. The second kappa shape index (κ2) is 5.05. The molecule has 2 amide bonds. The van der Waals surface area contributed by atoms with E-state index in [1.165, 1.54) is 4.90 Å². The van der Waals surface area contributed by atoms with Crippen LogP contribution in [0, 0.1) is 0 Å². The third kappa shape index (κ3) is 2.30. The molecular weight excluding hydrogens is 322 g/mol. The maximum atomic E-state index is 12.5. The van der Waals surface area contributed by atoms with Gasteiger partial charge in [0.1, 0.15) is 12.2 Å². The highest BCUT2D eigenvalue weighted by Crippen LogP contribution is 2.29. The normalized spacial score (nSPS) is 13.7. The Balaban J connectivity index is 1.99. The zero-order chi connectivity index (χ0) is 14.1. The van der Waals surface area contributed by atoms with Gasteiger partial charge in [0.2, 0.25) is 5.91 Å². The van der Waals surface area contributed by atoms with Gasteiger partial charge in [-0.1, -0.05) is 12.1 Å². The second-order valence-electron chi connectivity index (χ2n) is 4.32. The van der Waals surface area contributed by atoms with Crippen LogP contribution in [0.5, 0.6) is 0 Å². The summed E-state index contributed by atoms with van der Waals surface area (Å²) in [5, 5.41) is 2.74. The number of carbonyl (C=O) groups excluding carboxylic acids is 2. The number of rotatable bonds is 1. The highest BCUT2D eigenvalue weighted by Gasteiger charge is 2.27. The first-order valence-electron chi connectivity index (χ1n) is 5.97. The number of carbonyl (C=O) groups is 2. The lowest BCUT2D eigenvalue weighted by atomic mass is 10.1. The van der Waals surface area contributed by atoms with Crippen molar-refractivity contribution in [2.24, 2.45) is 0 Å². The van der Waals surface area contributed by atoms with Crippen molar-refractivity contribution in [3.8, 4) is 0 Å². The first-order valence-corrected chi connectivity index (χ1v) is 6.77. The fraction of sp³-hybridized carbons (Fsp3) is 0.0714. The summed E-state index contributed by atoms with van der Waals surface area (Å²) in [5.74, 6) is -0.506. The van der Waals surface area contributed by atoms with Crippen molar-refractivity contribution in [3.05, 3.63) is 52.8 Å². The molecule has 0 saturated heterocycles. The number of hydrogen-bond acceptors (Lipinski definition) is 3. The van der Waals surface area contributed by atoms with Gasteiger partial charge in [-0.25, -0.2) is 4.98 Å². The molecule has 5 nitrogen and oxygen atoms in total. The van der Waals surface area contributed by atoms with Crippen molar-refractivity contribution in [3.63, 3.8) is 0 Å². The number of aromatic nitrogens is 1. The Morgan fingerprint density at radius 3 is 2.80 bits per heavy atom. The minimum atomic E-state index is -0.292. The van der Waals surface area contributed by atoms with Crippen LogP contribution in [0.2, 0.25) is 0 Å². The molecule has 3 rings (SSSR count). The van der Waals surface area contributed by atoms with Gasteiger partial charge in [0.25, 0.3) is 5.91 Å². The van der Waals surface area contributed by atoms with Gasteiger partial charge in [-0.05, 0) is 40.2 Å². The van der Waals surface area contributed by atoms with Crippen molar-refractivity contribution in [2.45, 2.75) is 0 Å². The highest BCUT2D eigenvalue weighted by atomic mass is 79.9. The fourth-order valence-corrected chi connectivity index (χ4v) is 2.29. The number of amides is 2. The Labute approximate surface area is 123 Å². The van der Waals surface area contributed by atoms with Crippen LogP contribution in [0.1, 0.15) is 10.5 Å². The number of hydrogen-bond donors (Lipinski definition) is 1. The average Bonchev–Trinajstić information content (AvgIpc) is 2.46. The monoisotopic (exact) mass is 331 g/mol. The molecule has 1 aromatic carbocycles. The highest BCUT2D eigenvalue weighted by molar-refractivity contribution is 9.10. The number of fused-ring (bicyclic) bond motifs is 1. The second-order valence-corrected chi connectivity index (χ2v) is 5.23. The number of pyridine rings is 1. The summed E-state index contributed by atoms with van der Waals surface area (Å²) < 4.78 is 0.797. The number of nitrogens with one attached hydrogen (secondary N) is 1. The lowest BCUT2D eigenvalue weighted by molar-refractivity contribution is -0.115. The van der Waals surface area contributed by atoms with Gasteiger partial charge < -0.3 is 5.32 Å². The van der Waals surface area contributed by atoms with Gasteiger partial charge in [-0.3, -0.25) is 14.5 Å². The van der Waals surface area contributed by atoms with E-state index >= 15 is 0 Å². The largest absolute Gasteiger partial charge is 0.323 e. The fourth-order valence-electron chi connectivity index (χ4n) is 2.06. The zero-order valence-electron chi connectivity index (χ0n) is 10.3. The summed E-state index contributed by atoms with van der Waals surface area (Å²) >= 11 is 3.27. The van der Waals surface area contributed by atoms with Gasteiger partial charge in [0.05, 0.1) is 11.4 Å². The molecule has 0 aliphatic carbocycles. The quantitative estimate of drug-likeness (QED) is 0.873. The van der Waals surface area contributed by atoms with Crippen LogP contribution in [0.15, 0.2) is 47.1 Å². The van der Waals surface area contributed by atoms with Crippen molar-refractivity contribution in [1.82, 2.24) is 4.98 Å². The standard InChI is InChI=1S/C14H10BrN3O2/c15-9-5-6-11(16-7-9)14(20)18-8-13(19)17-10-3-1-2-4-12(10)18/h1-7H,8H2,(H,17,19). The molecule has 0 saturated carbocycles. The van der Waals surface area contributed by atoms with Gasteiger partial charge in [-0.15, -0.1) is 0 Å². The Morgan fingerprint density at radius 2 is 2.05 bits per heavy atom. The minimum absolute atomic E-state index is 0.00636. The first-order chi connectivity index (χ1) is 9.65. The molecule has 0 atom stereocenters. The number of para-hydroxylation sites is 2. The van der Waals surface area contributed by atoms with E-state index in [-0.39, 0.29) is 18.4 Å². The van der Waals surface area contributed by atoms with Gasteiger partial charge in [-0.2, -0.15) is 0 Å². The molecule has 1 N–H and O–H groups in total. The maximum Gasteiger partial charge on any atom is 0.277 e. The van der Waals surface area contributed by atoms with E-state index in [4.69, 9.17) is 0 Å². The smallest absolute Gasteiger partial charge is 0.277 e. The zero-order valence-corrected chi connectivity index (χ0v) is 11.9. The summed E-state index contributed by atoms with van der Waals surface area (Å²) in [6.45, 7) is -0.00636. The topological polar surface area (TPSA) is 62.3 Å². The van der Waals surface area contributed by atoms with Crippen LogP contribution >= 0.6 is 15.9 Å². The molecule has 100 valence electrons. The number of benzene rings is 1. The molecule has 0 fully saturated rings. The summed E-state index contributed by atoms with van der Waals surface area (Å²) in [5.41, 5.74) is 1.62. The molecule has 1 aromatic heterocycles. The predicted molar refractivity (Wildman–Crippen MR) is 78.7 cm³/mol. The number of nitrogens with zero attached hydrogens (tertiary/aromatic N) is 2. The Bertz CT molecular complexity index is 685. The summed E-state index contributed by atoms with van der Waals surface area (Å²) in [4.78, 5) is 29.7. The van der Waals surface area contributed by atoms with Crippen molar-refractivity contribution >= 4 is 39.1 Å². The molecule has 1 aliphatic heterocycles. The summed E-state index contributed by atoms with van der Waals surface area (Å²) in [7, 11) is 0. The summed E-state index contributed by atoms with van der Waals surface area (Å²) in [6, 6.07) is 10.6.